The first-order chi connectivity index (χ1) is 19.0. The molecule has 0 rings (SSSR count). The molecule has 0 aliphatic heterocycles. The van der Waals surface area contributed by atoms with Crippen molar-refractivity contribution in [2.75, 3.05) is 20.1 Å². The highest BCUT2D eigenvalue weighted by atomic mass is 19.4. The summed E-state index contributed by atoms with van der Waals surface area (Å²) >= 11 is 0. The maximum absolute atomic E-state index is 13.2. The van der Waals surface area contributed by atoms with Crippen molar-refractivity contribution >= 4 is 0 Å². The molecule has 1 atom stereocenters. The van der Waals surface area contributed by atoms with Gasteiger partial charge in [-0.1, -0.05) is 0 Å². The van der Waals surface area contributed by atoms with E-state index in [1.807, 2.05) is 0 Å². The van der Waals surface area contributed by atoms with Crippen molar-refractivity contribution in [2.45, 2.75) is 67.8 Å². The highest BCUT2D eigenvalue weighted by Gasteiger charge is 2.80. The third kappa shape index (κ3) is 20.9. The van der Waals surface area contributed by atoms with Crippen molar-refractivity contribution in [3.05, 3.63) is 0 Å². The third-order valence-corrected chi connectivity index (χ3v) is 2.78. The second-order valence-corrected chi connectivity index (χ2v) is 6.44. The van der Waals surface area contributed by atoms with E-state index < -0.39 is 87.9 Å². The van der Waals surface area contributed by atoms with Gasteiger partial charge in [0.05, 0.1) is 13.0 Å². The summed E-state index contributed by atoms with van der Waals surface area (Å²) in [6.45, 7) is -5.38. The quantitative estimate of drug-likeness (QED) is 0.224. The number of halogens is 24. The van der Waals surface area contributed by atoms with Gasteiger partial charge in [-0.3, -0.25) is 4.74 Å². The van der Waals surface area contributed by atoms with E-state index in [1.54, 1.807) is 9.68 Å². The van der Waals surface area contributed by atoms with E-state index >= 15 is 0 Å². The van der Waals surface area contributed by atoms with Crippen LogP contribution in [-0.4, -0.2) is 85.3 Å². The Balaban J connectivity index is -0.000000325. The molecule has 0 bridgehead atoms. The van der Waals surface area contributed by atoms with Crippen LogP contribution in [0.4, 0.5) is 106 Å². The molecule has 30 heteroatoms. The Labute approximate surface area is 224 Å². The standard InChI is InChI=1S/C7H2F14O3.C3H2F6O.C3H5F3O.CH3FO/c8-2(9,10)1-22-5(15,16)3(11,4(12,13)14)23-6(17,18)7(19,20)24-21;4-2(5,6)1-3(7,8)10-9;4-3(5,6)1-2-7;2-1-3/h1H2;1H2;7H,1-2H2;3H,1H2. The zero-order valence-electron chi connectivity index (χ0n) is 19.6. The minimum absolute atomic E-state index is 0.816. The van der Waals surface area contributed by atoms with Crippen molar-refractivity contribution < 1.29 is 135 Å². The maximum Gasteiger partial charge on any atom is 0.478 e. The van der Waals surface area contributed by atoms with Crippen LogP contribution in [0, 0.1) is 0 Å². The monoisotopic (exact) mass is 732 g/mol. The zero-order valence-corrected chi connectivity index (χ0v) is 19.6. The third-order valence-electron chi connectivity index (χ3n) is 2.78. The lowest BCUT2D eigenvalue weighted by atomic mass is 10.2. The molecule has 0 amide bonds. The summed E-state index contributed by atoms with van der Waals surface area (Å²) in [6.07, 6.45) is -51.6. The summed E-state index contributed by atoms with van der Waals surface area (Å²) in [7, 11) is 0. The molecular weight excluding hydrogens is 720 g/mol. The lowest BCUT2D eigenvalue weighted by molar-refractivity contribution is -0.555. The van der Waals surface area contributed by atoms with Gasteiger partial charge in [-0.15, -0.1) is 9.88 Å². The summed E-state index contributed by atoms with van der Waals surface area (Å²) in [4.78, 5) is 2.94. The van der Waals surface area contributed by atoms with Crippen LogP contribution < -0.4 is 0 Å². The van der Waals surface area contributed by atoms with Gasteiger partial charge in [0.25, 0.3) is 0 Å². The molecule has 0 heterocycles. The fourth-order valence-electron chi connectivity index (χ4n) is 1.22. The van der Waals surface area contributed by atoms with Crippen LogP contribution >= 0.6 is 0 Å². The van der Waals surface area contributed by atoms with Crippen LogP contribution in [0.3, 0.4) is 0 Å². The topological polar surface area (TPSA) is 77.4 Å². The summed E-state index contributed by atoms with van der Waals surface area (Å²) in [5.41, 5.74) is 0. The Morgan fingerprint density at radius 1 is 0.500 bits per heavy atom. The first-order valence-electron chi connectivity index (χ1n) is 9.15. The van der Waals surface area contributed by atoms with E-state index in [9.17, 15) is 106 Å². The zero-order chi connectivity index (χ0) is 36.9. The number of alkyl halides is 22. The Kier molecular flexibility index (Phi) is 19.7. The molecule has 44 heavy (non-hydrogen) atoms. The molecule has 1 unspecified atom stereocenters. The van der Waals surface area contributed by atoms with E-state index in [0.29, 0.717) is 0 Å². The van der Waals surface area contributed by atoms with Crippen molar-refractivity contribution in [1.29, 1.82) is 0 Å². The van der Waals surface area contributed by atoms with Crippen molar-refractivity contribution in [3.8, 4) is 0 Å². The normalized spacial score (nSPS) is 15.1. The lowest BCUT2D eigenvalue weighted by Gasteiger charge is -2.36. The second kappa shape index (κ2) is 17.7. The fourth-order valence-corrected chi connectivity index (χ4v) is 1.22. The SMILES string of the molecule is FOC(F)(F)C(F)(F)OC(F)(C(F)(F)F)C(F)(F)OCC(F)(F)F.FOC(F)(F)CC(F)(F)F.OCCC(F)(F)F.OCF. The van der Waals surface area contributed by atoms with Crippen LogP contribution in [0.15, 0.2) is 0 Å². The smallest absolute Gasteiger partial charge is 0.396 e. The number of aliphatic hydroxyl groups excluding tert-OH is 2. The van der Waals surface area contributed by atoms with Gasteiger partial charge in [0, 0.05) is 0 Å². The number of hydrogen-bond donors (Lipinski definition) is 2. The lowest BCUT2D eigenvalue weighted by Crippen LogP contribution is -2.63. The summed E-state index contributed by atoms with van der Waals surface area (Å²) in [5, 5.41) is 14.6. The van der Waals surface area contributed by atoms with Crippen molar-refractivity contribution in [1.82, 2.24) is 0 Å². The van der Waals surface area contributed by atoms with Gasteiger partial charge in [0.2, 0.25) is 0 Å². The van der Waals surface area contributed by atoms with Gasteiger partial charge in [-0.25, -0.2) is 4.39 Å². The predicted molar refractivity (Wildman–Crippen MR) is 83.8 cm³/mol. The molecule has 0 aliphatic carbocycles. The molecule has 0 aromatic rings. The number of ether oxygens (including phenoxy) is 2. The molecular formula is C14H12F24O6. The Hall–Kier alpha value is -1.92. The highest BCUT2D eigenvalue weighted by molar-refractivity contribution is 4.89. The van der Waals surface area contributed by atoms with Gasteiger partial charge in [-0.2, -0.15) is 92.2 Å². The van der Waals surface area contributed by atoms with E-state index in [-0.39, 0.29) is 0 Å². The Morgan fingerprint density at radius 3 is 1.07 bits per heavy atom. The average molecular weight is 732 g/mol. The minimum atomic E-state index is -7.34. The Bertz CT molecular complexity index is 760. The van der Waals surface area contributed by atoms with Crippen molar-refractivity contribution in [2.24, 2.45) is 0 Å². The van der Waals surface area contributed by atoms with Gasteiger partial charge in [0.15, 0.2) is 6.86 Å². The average Bonchev–Trinajstić information content (AvgIpc) is 2.75. The second-order valence-electron chi connectivity index (χ2n) is 6.44. The first-order valence-corrected chi connectivity index (χ1v) is 9.15. The molecule has 0 saturated carbocycles. The molecule has 2 N–H and O–H groups in total. The van der Waals surface area contributed by atoms with Gasteiger partial charge in [0.1, 0.15) is 13.0 Å². The Morgan fingerprint density at radius 2 is 0.886 bits per heavy atom. The van der Waals surface area contributed by atoms with Gasteiger partial charge < -0.3 is 14.9 Å². The molecule has 0 aromatic heterocycles. The van der Waals surface area contributed by atoms with Gasteiger partial charge >= 0.3 is 55.0 Å². The summed E-state index contributed by atoms with van der Waals surface area (Å²) < 4.78 is 283. The number of aliphatic hydroxyl groups is 2. The minimum Gasteiger partial charge on any atom is -0.396 e. The summed E-state index contributed by atoms with van der Waals surface area (Å²) in [5.74, 6) is -7.24. The van der Waals surface area contributed by atoms with Gasteiger partial charge in [-0.05, 0) is 9.05 Å². The molecule has 0 saturated heterocycles. The van der Waals surface area contributed by atoms with Crippen LogP contribution in [0.25, 0.3) is 0 Å². The van der Waals surface area contributed by atoms with Crippen LogP contribution in [-0.2, 0) is 19.4 Å². The number of rotatable bonds is 10. The maximum atomic E-state index is 13.2. The van der Waals surface area contributed by atoms with Crippen LogP contribution in [0.1, 0.15) is 12.8 Å². The summed E-state index contributed by atoms with van der Waals surface area (Å²) in [6, 6.07) is 0. The van der Waals surface area contributed by atoms with E-state index in [1.165, 1.54) is 4.94 Å². The fraction of sp³-hybridized carbons (Fsp3) is 1.00. The van der Waals surface area contributed by atoms with Crippen LogP contribution in [0.2, 0.25) is 0 Å². The molecule has 0 fully saturated rings. The van der Waals surface area contributed by atoms with E-state index in [0.717, 1.165) is 0 Å². The molecule has 0 aromatic carbocycles. The number of hydrogen-bond acceptors (Lipinski definition) is 6. The van der Waals surface area contributed by atoms with Crippen LogP contribution in [0.5, 0.6) is 0 Å². The molecule has 0 aliphatic rings. The first kappa shape index (κ1) is 49.0. The van der Waals surface area contributed by atoms with Crippen molar-refractivity contribution in [3.63, 3.8) is 0 Å². The molecule has 272 valence electrons. The van der Waals surface area contributed by atoms with E-state index in [4.69, 9.17) is 10.2 Å². The molecule has 0 radical (unpaired) electrons. The largest absolute Gasteiger partial charge is 0.478 e. The molecule has 0 spiro atoms. The predicted octanol–water partition coefficient (Wildman–Crippen LogP) is 7.76. The highest BCUT2D eigenvalue weighted by Crippen LogP contribution is 2.52. The van der Waals surface area contributed by atoms with E-state index in [2.05, 4.69) is 4.74 Å². The molecule has 6 nitrogen and oxygen atoms in total.